The minimum Gasteiger partial charge on any atom is -0.477 e. The van der Waals surface area contributed by atoms with Crippen LogP contribution in [0, 0.1) is 11.8 Å². The standard InChI is InChI=1S/C17H25N3O5/c1-8(21)12-14-10-4-3-5-11(25-7-6-19-9(2)18)13(10)15(17(23)24)20(14)16(12)22/h8,10-12,14,21H,3-7H2,1-2H3,(H2,18,19)(H,23,24)/t8-,10+,11+,12-,14-/m1/s1. The molecular formula is C17H25N3O5. The molecule has 3 rings (SSSR count). The van der Waals surface area contributed by atoms with Crippen LogP contribution in [-0.2, 0) is 14.3 Å². The summed E-state index contributed by atoms with van der Waals surface area (Å²) in [6.45, 7) is 4.05. The van der Waals surface area contributed by atoms with Gasteiger partial charge in [-0.05, 0) is 38.7 Å². The summed E-state index contributed by atoms with van der Waals surface area (Å²) in [5.41, 5.74) is 6.26. The zero-order valence-corrected chi connectivity index (χ0v) is 14.5. The molecule has 2 aliphatic heterocycles. The Balaban J connectivity index is 1.84. The maximum Gasteiger partial charge on any atom is 0.352 e. The highest BCUT2D eigenvalue weighted by Gasteiger charge is 2.62. The Kier molecular flexibility index (Phi) is 4.83. The molecule has 1 aliphatic carbocycles. The SMILES string of the molecule is CC(N)=NCCO[C@H]1CCC[C@H]2C1=C(C(=O)O)N1C(=O)[C@H]([C@@H](C)O)[C@@H]21. The molecule has 138 valence electrons. The lowest BCUT2D eigenvalue weighted by Gasteiger charge is -2.47. The number of carboxylic acid groups (broad SMARTS) is 1. The lowest BCUT2D eigenvalue weighted by molar-refractivity contribution is -0.163. The molecule has 2 heterocycles. The van der Waals surface area contributed by atoms with E-state index in [-0.39, 0.29) is 29.7 Å². The van der Waals surface area contributed by atoms with Crippen LogP contribution in [0.3, 0.4) is 0 Å². The molecule has 0 spiro atoms. The number of hydrogen-bond acceptors (Lipinski definition) is 5. The molecule has 8 nitrogen and oxygen atoms in total. The van der Waals surface area contributed by atoms with E-state index < -0.39 is 18.0 Å². The third-order valence-corrected chi connectivity index (χ3v) is 5.34. The minimum absolute atomic E-state index is 0.0538. The van der Waals surface area contributed by atoms with Crippen LogP contribution in [0.4, 0.5) is 0 Å². The summed E-state index contributed by atoms with van der Waals surface area (Å²) in [6.07, 6.45) is 1.32. The van der Waals surface area contributed by atoms with Crippen molar-refractivity contribution in [2.45, 2.75) is 51.4 Å². The maximum absolute atomic E-state index is 12.4. The van der Waals surface area contributed by atoms with Gasteiger partial charge in [0.05, 0.1) is 43.2 Å². The van der Waals surface area contributed by atoms with Gasteiger partial charge in [-0.3, -0.25) is 9.79 Å². The molecular weight excluding hydrogens is 326 g/mol. The van der Waals surface area contributed by atoms with Crippen molar-refractivity contribution in [1.82, 2.24) is 4.90 Å². The Hall–Kier alpha value is -1.93. The number of carbonyl (C=O) groups excluding carboxylic acids is 1. The highest BCUT2D eigenvalue weighted by Crippen LogP contribution is 2.52. The lowest BCUT2D eigenvalue weighted by atomic mass is 9.71. The number of amides is 1. The molecule has 4 N–H and O–H groups in total. The summed E-state index contributed by atoms with van der Waals surface area (Å²) in [5, 5.41) is 19.6. The molecule has 0 aromatic carbocycles. The summed E-state index contributed by atoms with van der Waals surface area (Å²) in [7, 11) is 0. The van der Waals surface area contributed by atoms with Crippen molar-refractivity contribution in [1.29, 1.82) is 0 Å². The number of carbonyl (C=O) groups is 2. The van der Waals surface area contributed by atoms with E-state index in [0.29, 0.717) is 24.6 Å². The number of aliphatic imine (C=N–C) groups is 1. The van der Waals surface area contributed by atoms with Crippen molar-refractivity contribution in [2.24, 2.45) is 22.6 Å². The second-order valence-corrected chi connectivity index (χ2v) is 6.99. The van der Waals surface area contributed by atoms with Crippen LogP contribution in [0.1, 0.15) is 33.1 Å². The summed E-state index contributed by atoms with van der Waals surface area (Å²) in [4.78, 5) is 29.6. The molecule has 5 atom stereocenters. The van der Waals surface area contributed by atoms with Crippen LogP contribution in [-0.4, -0.2) is 64.2 Å². The predicted octanol–water partition coefficient (Wildman–Crippen LogP) is 0.109. The third-order valence-electron chi connectivity index (χ3n) is 5.34. The van der Waals surface area contributed by atoms with Crippen molar-refractivity contribution < 1.29 is 24.5 Å². The summed E-state index contributed by atoms with van der Waals surface area (Å²) >= 11 is 0. The number of nitrogens with two attached hydrogens (primary N) is 1. The topological polar surface area (TPSA) is 125 Å². The summed E-state index contributed by atoms with van der Waals surface area (Å²) in [5.74, 6) is -1.51. The van der Waals surface area contributed by atoms with E-state index >= 15 is 0 Å². The van der Waals surface area contributed by atoms with E-state index in [1.807, 2.05) is 0 Å². The molecule has 3 aliphatic rings. The monoisotopic (exact) mass is 351 g/mol. The van der Waals surface area contributed by atoms with Gasteiger partial charge in [0.15, 0.2) is 0 Å². The van der Waals surface area contributed by atoms with E-state index in [0.717, 1.165) is 19.3 Å². The number of fused-ring (bicyclic) bond motifs is 3. The number of carboxylic acids is 1. The highest BCUT2D eigenvalue weighted by molar-refractivity contribution is 6.00. The van der Waals surface area contributed by atoms with E-state index in [9.17, 15) is 19.8 Å². The van der Waals surface area contributed by atoms with Gasteiger partial charge in [0.1, 0.15) is 5.70 Å². The second-order valence-electron chi connectivity index (χ2n) is 6.99. The van der Waals surface area contributed by atoms with Gasteiger partial charge in [0.25, 0.3) is 0 Å². The van der Waals surface area contributed by atoms with Gasteiger partial charge in [0, 0.05) is 5.92 Å². The Labute approximate surface area is 146 Å². The number of aliphatic hydroxyl groups is 1. The van der Waals surface area contributed by atoms with Crippen LogP contribution >= 0.6 is 0 Å². The summed E-state index contributed by atoms with van der Waals surface area (Å²) in [6, 6.07) is -0.260. The van der Waals surface area contributed by atoms with Crippen molar-refractivity contribution in [2.75, 3.05) is 13.2 Å². The average Bonchev–Trinajstić information content (AvgIpc) is 2.82. The fourth-order valence-electron chi connectivity index (χ4n) is 4.42. The number of nitrogens with zero attached hydrogens (tertiary/aromatic N) is 2. The van der Waals surface area contributed by atoms with Gasteiger partial charge in [-0.15, -0.1) is 0 Å². The number of hydrogen-bond donors (Lipinski definition) is 3. The molecule has 0 aromatic heterocycles. The number of β-lactam (4-membered cyclic amide) rings is 1. The molecule has 25 heavy (non-hydrogen) atoms. The van der Waals surface area contributed by atoms with Crippen molar-refractivity contribution >= 4 is 17.7 Å². The van der Waals surface area contributed by atoms with Crippen molar-refractivity contribution in [3.05, 3.63) is 11.3 Å². The first-order chi connectivity index (χ1) is 11.8. The summed E-state index contributed by atoms with van der Waals surface area (Å²) < 4.78 is 5.90. The van der Waals surface area contributed by atoms with Gasteiger partial charge in [-0.1, -0.05) is 0 Å². The van der Waals surface area contributed by atoms with E-state index in [2.05, 4.69) is 4.99 Å². The minimum atomic E-state index is -1.11. The zero-order chi connectivity index (χ0) is 18.3. The van der Waals surface area contributed by atoms with Crippen LogP contribution in [0.25, 0.3) is 0 Å². The number of amidine groups is 1. The third kappa shape index (κ3) is 2.93. The highest BCUT2D eigenvalue weighted by atomic mass is 16.5. The molecule has 0 radical (unpaired) electrons. The van der Waals surface area contributed by atoms with Gasteiger partial charge in [0.2, 0.25) is 5.91 Å². The van der Waals surface area contributed by atoms with E-state index in [1.54, 1.807) is 13.8 Å². The van der Waals surface area contributed by atoms with E-state index in [4.69, 9.17) is 10.5 Å². The van der Waals surface area contributed by atoms with Gasteiger partial charge < -0.3 is 25.6 Å². The van der Waals surface area contributed by atoms with Gasteiger partial charge in [-0.25, -0.2) is 4.79 Å². The molecule has 1 saturated heterocycles. The van der Waals surface area contributed by atoms with Crippen molar-refractivity contribution in [3.8, 4) is 0 Å². The van der Waals surface area contributed by atoms with Gasteiger partial charge in [-0.2, -0.15) is 0 Å². The first-order valence-electron chi connectivity index (χ1n) is 8.71. The Morgan fingerprint density at radius 1 is 1.48 bits per heavy atom. The van der Waals surface area contributed by atoms with Crippen molar-refractivity contribution in [3.63, 3.8) is 0 Å². The molecule has 8 heteroatoms. The number of aliphatic carboxylic acids is 1. The molecule has 0 aromatic rings. The quantitative estimate of drug-likeness (QED) is 0.270. The lowest BCUT2D eigenvalue weighted by Crippen LogP contribution is -2.64. The maximum atomic E-state index is 12.4. The Bertz CT molecular complexity index is 638. The molecule has 0 bridgehead atoms. The fraction of sp³-hybridized carbons (Fsp3) is 0.706. The number of rotatable bonds is 6. The van der Waals surface area contributed by atoms with Crippen LogP contribution < -0.4 is 5.73 Å². The largest absolute Gasteiger partial charge is 0.477 e. The second kappa shape index (κ2) is 6.76. The van der Waals surface area contributed by atoms with Gasteiger partial charge >= 0.3 is 5.97 Å². The predicted molar refractivity (Wildman–Crippen MR) is 89.7 cm³/mol. The van der Waals surface area contributed by atoms with Crippen LogP contribution in [0.15, 0.2) is 16.3 Å². The number of ether oxygens (including phenoxy) is 1. The van der Waals surface area contributed by atoms with Crippen LogP contribution in [0.5, 0.6) is 0 Å². The Morgan fingerprint density at radius 3 is 2.80 bits per heavy atom. The normalized spacial score (nSPS) is 33.0. The van der Waals surface area contributed by atoms with E-state index in [1.165, 1.54) is 4.90 Å². The zero-order valence-electron chi connectivity index (χ0n) is 14.5. The number of aliphatic hydroxyl groups excluding tert-OH is 1. The molecule has 2 fully saturated rings. The molecule has 1 saturated carbocycles. The van der Waals surface area contributed by atoms with Crippen LogP contribution in [0.2, 0.25) is 0 Å². The Morgan fingerprint density at radius 2 is 2.20 bits per heavy atom. The fourth-order valence-corrected chi connectivity index (χ4v) is 4.42. The molecule has 1 amide bonds. The first-order valence-corrected chi connectivity index (χ1v) is 8.71. The first kappa shape index (κ1) is 17.9. The average molecular weight is 351 g/mol. The molecule has 0 unspecified atom stereocenters. The smallest absolute Gasteiger partial charge is 0.352 e.